The summed E-state index contributed by atoms with van der Waals surface area (Å²) in [6.45, 7) is 6.08. The maximum absolute atomic E-state index is 12.0. The molecule has 0 unspecified atom stereocenters. The Balaban J connectivity index is 2.67. The summed E-state index contributed by atoms with van der Waals surface area (Å²) < 4.78 is 0. The number of hydrazine groups is 1. The SMILES string of the molecule is C=CCN(NC(=O)c1csc(CCC)c1)C(N)=S. The Bertz CT molecular complexity index is 442. The Hall–Kier alpha value is -1.40. The summed E-state index contributed by atoms with van der Waals surface area (Å²) in [6, 6.07) is 1.90. The third-order valence-corrected chi connectivity index (χ3v) is 3.44. The summed E-state index contributed by atoms with van der Waals surface area (Å²) in [6.07, 6.45) is 3.68. The maximum Gasteiger partial charge on any atom is 0.270 e. The van der Waals surface area contributed by atoms with E-state index in [-0.39, 0.29) is 11.0 Å². The standard InChI is InChI=1S/C12H17N3OS2/c1-3-5-10-7-9(8-18-10)11(16)14-15(6-4-2)12(13)17/h4,7-8H,2-3,5-6H2,1H3,(H2,13,17)(H,14,16). The Kier molecular flexibility index (Phi) is 5.80. The summed E-state index contributed by atoms with van der Waals surface area (Å²) in [5.74, 6) is -0.205. The van der Waals surface area contributed by atoms with Gasteiger partial charge in [0.25, 0.3) is 5.91 Å². The average molecular weight is 283 g/mol. The number of carbonyl (C=O) groups is 1. The first-order valence-electron chi connectivity index (χ1n) is 5.64. The molecule has 0 bridgehead atoms. The summed E-state index contributed by atoms with van der Waals surface area (Å²) in [5, 5.41) is 3.35. The largest absolute Gasteiger partial charge is 0.375 e. The number of thiocarbonyl (C=S) groups is 1. The van der Waals surface area contributed by atoms with E-state index in [0.717, 1.165) is 12.8 Å². The van der Waals surface area contributed by atoms with Crippen molar-refractivity contribution in [1.29, 1.82) is 0 Å². The first-order chi connectivity index (χ1) is 8.58. The van der Waals surface area contributed by atoms with Crippen LogP contribution in [-0.2, 0) is 6.42 Å². The lowest BCUT2D eigenvalue weighted by Gasteiger charge is -2.21. The van der Waals surface area contributed by atoms with Crippen LogP contribution in [0.5, 0.6) is 0 Å². The van der Waals surface area contributed by atoms with E-state index >= 15 is 0 Å². The maximum atomic E-state index is 12.0. The van der Waals surface area contributed by atoms with Gasteiger partial charge in [0.2, 0.25) is 0 Å². The molecule has 98 valence electrons. The second kappa shape index (κ2) is 7.13. The highest BCUT2D eigenvalue weighted by molar-refractivity contribution is 7.80. The van der Waals surface area contributed by atoms with Crippen molar-refractivity contribution in [3.05, 3.63) is 34.5 Å². The smallest absolute Gasteiger partial charge is 0.270 e. The van der Waals surface area contributed by atoms with Crippen LogP contribution in [0.2, 0.25) is 0 Å². The van der Waals surface area contributed by atoms with Crippen molar-refractivity contribution in [1.82, 2.24) is 10.4 Å². The minimum absolute atomic E-state index is 0.118. The van der Waals surface area contributed by atoms with E-state index in [0.29, 0.717) is 12.1 Å². The number of hydrogen-bond acceptors (Lipinski definition) is 3. The summed E-state index contributed by atoms with van der Waals surface area (Å²) in [4.78, 5) is 13.2. The van der Waals surface area contributed by atoms with Crippen molar-refractivity contribution in [2.45, 2.75) is 19.8 Å². The van der Waals surface area contributed by atoms with Crippen LogP contribution in [0, 0.1) is 0 Å². The van der Waals surface area contributed by atoms with Gasteiger partial charge in [0.1, 0.15) is 0 Å². The molecular weight excluding hydrogens is 266 g/mol. The van der Waals surface area contributed by atoms with Crippen molar-refractivity contribution >= 4 is 34.6 Å². The molecule has 4 nitrogen and oxygen atoms in total. The van der Waals surface area contributed by atoms with Crippen LogP contribution < -0.4 is 11.2 Å². The number of amides is 1. The molecule has 0 fully saturated rings. The number of hydrogen-bond donors (Lipinski definition) is 2. The number of rotatable bonds is 5. The van der Waals surface area contributed by atoms with Gasteiger partial charge in [-0.2, -0.15) is 0 Å². The van der Waals surface area contributed by atoms with E-state index < -0.39 is 0 Å². The predicted octanol–water partition coefficient (Wildman–Crippen LogP) is 2.08. The fraction of sp³-hybridized carbons (Fsp3) is 0.333. The van der Waals surface area contributed by atoms with E-state index in [1.807, 2.05) is 11.4 Å². The molecule has 0 aliphatic carbocycles. The number of carbonyl (C=O) groups excluding carboxylic acids is 1. The van der Waals surface area contributed by atoms with E-state index in [1.165, 1.54) is 9.89 Å². The number of nitrogens with one attached hydrogen (secondary N) is 1. The van der Waals surface area contributed by atoms with Crippen LogP contribution in [0.4, 0.5) is 0 Å². The van der Waals surface area contributed by atoms with Crippen LogP contribution in [0.15, 0.2) is 24.1 Å². The molecule has 0 atom stereocenters. The first kappa shape index (κ1) is 14.7. The molecule has 1 aromatic rings. The lowest BCUT2D eigenvalue weighted by molar-refractivity contribution is 0.0879. The third-order valence-electron chi connectivity index (χ3n) is 2.23. The van der Waals surface area contributed by atoms with E-state index in [2.05, 4.69) is 18.9 Å². The molecule has 1 aromatic heterocycles. The minimum Gasteiger partial charge on any atom is -0.375 e. The summed E-state index contributed by atoms with van der Waals surface area (Å²) >= 11 is 6.43. The van der Waals surface area contributed by atoms with Gasteiger partial charge in [0.15, 0.2) is 5.11 Å². The summed E-state index contributed by atoms with van der Waals surface area (Å²) in [7, 11) is 0. The van der Waals surface area contributed by atoms with Crippen molar-refractivity contribution in [2.24, 2.45) is 5.73 Å². The van der Waals surface area contributed by atoms with Crippen LogP contribution in [-0.4, -0.2) is 22.6 Å². The van der Waals surface area contributed by atoms with Crippen molar-refractivity contribution in [3.63, 3.8) is 0 Å². The lowest BCUT2D eigenvalue weighted by atomic mass is 10.2. The Morgan fingerprint density at radius 3 is 3.00 bits per heavy atom. The van der Waals surface area contributed by atoms with Crippen molar-refractivity contribution in [3.8, 4) is 0 Å². The van der Waals surface area contributed by atoms with Gasteiger partial charge >= 0.3 is 0 Å². The molecule has 1 amide bonds. The number of aryl methyl sites for hydroxylation is 1. The molecular formula is C12H17N3OS2. The highest BCUT2D eigenvalue weighted by Gasteiger charge is 2.12. The van der Waals surface area contributed by atoms with Gasteiger partial charge in [0, 0.05) is 10.3 Å². The predicted molar refractivity (Wildman–Crippen MR) is 79.5 cm³/mol. The molecule has 6 heteroatoms. The molecule has 0 saturated carbocycles. The molecule has 0 aromatic carbocycles. The minimum atomic E-state index is -0.205. The zero-order chi connectivity index (χ0) is 13.5. The second-order valence-corrected chi connectivity index (χ2v) is 5.14. The molecule has 0 spiro atoms. The topological polar surface area (TPSA) is 58.4 Å². The number of thiophene rings is 1. The first-order valence-corrected chi connectivity index (χ1v) is 6.93. The molecule has 0 aliphatic rings. The van der Waals surface area contributed by atoms with Gasteiger partial charge < -0.3 is 5.73 Å². The van der Waals surface area contributed by atoms with Crippen molar-refractivity contribution in [2.75, 3.05) is 6.54 Å². The monoisotopic (exact) mass is 283 g/mol. The van der Waals surface area contributed by atoms with E-state index in [1.54, 1.807) is 17.4 Å². The Labute approximate surface area is 116 Å². The molecule has 0 aliphatic heterocycles. The van der Waals surface area contributed by atoms with Gasteiger partial charge in [-0.1, -0.05) is 19.4 Å². The average Bonchev–Trinajstić information content (AvgIpc) is 2.77. The molecule has 18 heavy (non-hydrogen) atoms. The van der Waals surface area contributed by atoms with Gasteiger partial charge in [-0.05, 0) is 24.7 Å². The van der Waals surface area contributed by atoms with Crippen LogP contribution in [0.3, 0.4) is 0 Å². The normalized spacial score (nSPS) is 9.83. The van der Waals surface area contributed by atoms with Crippen LogP contribution in [0.25, 0.3) is 0 Å². The second-order valence-electron chi connectivity index (χ2n) is 3.73. The molecule has 0 radical (unpaired) electrons. The number of nitrogens with two attached hydrogens (primary N) is 1. The van der Waals surface area contributed by atoms with Gasteiger partial charge in [0.05, 0.1) is 12.1 Å². The molecule has 0 saturated heterocycles. The van der Waals surface area contributed by atoms with Gasteiger partial charge in [-0.3, -0.25) is 15.2 Å². The summed E-state index contributed by atoms with van der Waals surface area (Å²) in [5.41, 5.74) is 8.79. The lowest BCUT2D eigenvalue weighted by Crippen LogP contribution is -2.48. The van der Waals surface area contributed by atoms with Gasteiger partial charge in [-0.25, -0.2) is 0 Å². The Morgan fingerprint density at radius 2 is 2.44 bits per heavy atom. The van der Waals surface area contributed by atoms with Crippen LogP contribution >= 0.6 is 23.6 Å². The highest BCUT2D eigenvalue weighted by Crippen LogP contribution is 2.16. The number of nitrogens with zero attached hydrogens (tertiary/aromatic N) is 1. The van der Waals surface area contributed by atoms with Gasteiger partial charge in [-0.15, -0.1) is 17.9 Å². The molecule has 3 N–H and O–H groups in total. The van der Waals surface area contributed by atoms with Crippen molar-refractivity contribution < 1.29 is 4.79 Å². The van der Waals surface area contributed by atoms with E-state index in [4.69, 9.17) is 18.0 Å². The highest BCUT2D eigenvalue weighted by atomic mass is 32.1. The quantitative estimate of drug-likeness (QED) is 0.493. The fourth-order valence-electron chi connectivity index (χ4n) is 1.38. The fourth-order valence-corrected chi connectivity index (χ4v) is 2.47. The Morgan fingerprint density at radius 1 is 1.72 bits per heavy atom. The zero-order valence-corrected chi connectivity index (χ0v) is 11.9. The van der Waals surface area contributed by atoms with Crippen LogP contribution in [0.1, 0.15) is 28.6 Å². The molecule has 1 rings (SSSR count). The molecule has 1 heterocycles. The third kappa shape index (κ3) is 4.12. The van der Waals surface area contributed by atoms with E-state index in [9.17, 15) is 4.79 Å². The zero-order valence-electron chi connectivity index (χ0n) is 10.3.